The molecule has 16 rings (SSSR count). The van der Waals surface area contributed by atoms with Crippen molar-refractivity contribution in [3.8, 4) is 0 Å². The van der Waals surface area contributed by atoms with Crippen molar-refractivity contribution in [2.24, 2.45) is 0 Å². The van der Waals surface area contributed by atoms with E-state index in [0.29, 0.717) is 11.8 Å². The topological polar surface area (TPSA) is 41.6 Å². The molecule has 16 aromatic rings. The van der Waals surface area contributed by atoms with E-state index in [2.05, 4.69) is 292 Å². The number of benzene rings is 14. The highest BCUT2D eigenvalue weighted by Gasteiger charge is 2.23. The maximum absolute atomic E-state index is 6.56. The number of halogens is 3. The highest BCUT2D eigenvalue weighted by Crippen LogP contribution is 2.48. The average Bonchev–Trinajstić information content (AvgIpc) is 4.29. The van der Waals surface area contributed by atoms with E-state index in [1.54, 1.807) is 0 Å². The lowest BCUT2D eigenvalue weighted by molar-refractivity contribution is 0.669. The summed E-state index contributed by atoms with van der Waals surface area (Å²) in [6.45, 7) is 8.89. The Morgan fingerprint density at radius 1 is 0.333 bits per heavy atom. The number of anilines is 5. The van der Waals surface area contributed by atoms with E-state index in [-0.39, 0.29) is 0 Å². The molecule has 4 nitrogen and oxygen atoms in total. The molecule has 2 aromatic heterocycles. The van der Waals surface area contributed by atoms with Crippen LogP contribution in [-0.4, -0.2) is 0 Å². The van der Waals surface area contributed by atoms with Crippen LogP contribution in [0.15, 0.2) is 253 Å². The first-order chi connectivity index (χ1) is 39.6. The quantitative estimate of drug-likeness (QED) is 0.162. The molecule has 392 valence electrons. The highest BCUT2D eigenvalue weighted by molar-refractivity contribution is 9.11. The van der Waals surface area contributed by atoms with Gasteiger partial charge >= 0.3 is 0 Å². The Kier molecular flexibility index (Phi) is 13.0. The second-order valence-corrected chi connectivity index (χ2v) is 24.2. The molecule has 2 heterocycles. The third-order valence-corrected chi connectivity index (χ3v) is 18.2. The summed E-state index contributed by atoms with van der Waals surface area (Å²) in [6.07, 6.45) is 0. The van der Waals surface area contributed by atoms with Gasteiger partial charge in [0.05, 0.1) is 17.1 Å². The summed E-state index contributed by atoms with van der Waals surface area (Å²) in [5.74, 6) is 1.01. The van der Waals surface area contributed by atoms with Gasteiger partial charge in [-0.25, -0.2) is 0 Å². The summed E-state index contributed by atoms with van der Waals surface area (Å²) >= 11 is 11.1. The predicted octanol–water partition coefficient (Wildman–Crippen LogP) is 24.4. The first kappa shape index (κ1) is 51.0. The molecule has 0 unspecified atom stereocenters. The fraction of sp³-hybridized carbons (Fsp3) is 0.0811. The molecule has 0 aliphatic heterocycles. The van der Waals surface area contributed by atoms with E-state index in [0.717, 1.165) is 85.7 Å². The van der Waals surface area contributed by atoms with Gasteiger partial charge in [-0.3, -0.25) is 0 Å². The van der Waals surface area contributed by atoms with Crippen molar-refractivity contribution in [1.29, 1.82) is 0 Å². The maximum Gasteiger partial charge on any atom is 0.159 e. The van der Waals surface area contributed by atoms with Crippen LogP contribution in [0.2, 0.25) is 0 Å². The van der Waals surface area contributed by atoms with Gasteiger partial charge in [0.25, 0.3) is 0 Å². The molecular weight excluding hydrogens is 1190 g/mol. The van der Waals surface area contributed by atoms with Crippen molar-refractivity contribution in [2.75, 3.05) is 10.2 Å². The monoisotopic (exact) mass is 1240 g/mol. The third-order valence-electron chi connectivity index (χ3n) is 16.1. The fourth-order valence-corrected chi connectivity index (χ4v) is 13.3. The minimum absolute atomic E-state index is 0.467. The summed E-state index contributed by atoms with van der Waals surface area (Å²) in [7, 11) is 0. The zero-order chi connectivity index (χ0) is 55.0. The van der Waals surface area contributed by atoms with Gasteiger partial charge in [0.1, 0.15) is 11.2 Å². The molecule has 1 N–H and O–H groups in total. The molecule has 0 saturated heterocycles. The molecule has 0 fully saturated rings. The second-order valence-electron chi connectivity index (χ2n) is 21.6. The van der Waals surface area contributed by atoms with Gasteiger partial charge in [0.2, 0.25) is 0 Å². The van der Waals surface area contributed by atoms with E-state index < -0.39 is 0 Å². The number of fused-ring (bicyclic) bond motifs is 6. The third kappa shape index (κ3) is 8.94. The van der Waals surface area contributed by atoms with E-state index in [4.69, 9.17) is 8.83 Å². The first-order valence-electron chi connectivity index (χ1n) is 27.5. The lowest BCUT2D eigenvalue weighted by Crippen LogP contribution is -2.11. The first-order valence-corrected chi connectivity index (χ1v) is 29.9. The molecule has 0 aliphatic rings. The van der Waals surface area contributed by atoms with Crippen LogP contribution in [0.1, 0.15) is 50.7 Å². The normalized spacial score (nSPS) is 11.9. The van der Waals surface area contributed by atoms with Crippen LogP contribution in [0.3, 0.4) is 0 Å². The Morgan fingerprint density at radius 2 is 0.741 bits per heavy atom. The van der Waals surface area contributed by atoms with Crippen molar-refractivity contribution in [2.45, 2.75) is 39.5 Å². The standard InChI is InChI=1S/C37H26BrNO.C21H19NO.C16H8Br2/c1-22(2)23-10-16-26(17-11-23)39(33-8-5-7-28-27-6-3-4-9-34(27)40-37(28)33)32-21-15-25-12-18-29-31(38)20-14-24-13-19-30(32)36(25)35(24)29;1-14(2)15-10-12-16(13-11-15)22-19-8-5-7-18-17-6-3-4-9-20(17)23-21(18)19;17-13-8-4-10-2-6-12-14(18)7-3-9-1-5-11(13)16(10)15(9)12/h3-22H,1-2H3;3-14,22H,1-2H3;1-8H. The van der Waals surface area contributed by atoms with Gasteiger partial charge in [-0.05, 0) is 155 Å². The summed E-state index contributed by atoms with van der Waals surface area (Å²) in [6, 6.07) is 82.0. The van der Waals surface area contributed by atoms with Crippen LogP contribution in [0.25, 0.3) is 109 Å². The zero-order valence-corrected chi connectivity index (χ0v) is 49.7. The summed E-state index contributed by atoms with van der Waals surface area (Å²) in [4.78, 5) is 2.37. The number of hydrogen-bond donors (Lipinski definition) is 1. The van der Waals surface area contributed by atoms with E-state index >= 15 is 0 Å². The number of nitrogens with one attached hydrogen (secondary N) is 1. The minimum Gasteiger partial charge on any atom is -0.454 e. The highest BCUT2D eigenvalue weighted by atomic mass is 79.9. The number of para-hydroxylation sites is 4. The Balaban J connectivity index is 0.000000121. The molecular formula is C74H53Br3N2O2. The molecule has 0 radical (unpaired) electrons. The van der Waals surface area contributed by atoms with Gasteiger partial charge in [0, 0.05) is 51.7 Å². The van der Waals surface area contributed by atoms with Gasteiger partial charge in [-0.1, -0.05) is 233 Å². The molecule has 7 heteroatoms. The lowest BCUT2D eigenvalue weighted by atomic mass is 9.93. The van der Waals surface area contributed by atoms with Crippen LogP contribution >= 0.6 is 47.8 Å². The van der Waals surface area contributed by atoms with Crippen LogP contribution in [0.5, 0.6) is 0 Å². The molecule has 0 saturated carbocycles. The van der Waals surface area contributed by atoms with E-state index in [9.17, 15) is 0 Å². The predicted molar refractivity (Wildman–Crippen MR) is 357 cm³/mol. The van der Waals surface area contributed by atoms with Gasteiger partial charge in [0.15, 0.2) is 11.2 Å². The van der Waals surface area contributed by atoms with Crippen molar-refractivity contribution in [3.05, 3.63) is 255 Å². The summed E-state index contributed by atoms with van der Waals surface area (Å²) in [5.41, 5.74) is 11.6. The molecule has 0 aliphatic carbocycles. The van der Waals surface area contributed by atoms with Crippen LogP contribution in [-0.2, 0) is 0 Å². The maximum atomic E-state index is 6.56. The molecule has 0 spiro atoms. The average molecular weight is 1240 g/mol. The molecule has 14 aromatic carbocycles. The Labute approximate surface area is 494 Å². The summed E-state index contributed by atoms with van der Waals surface area (Å²) < 4.78 is 16.0. The van der Waals surface area contributed by atoms with Crippen LogP contribution in [0, 0.1) is 0 Å². The van der Waals surface area contributed by atoms with Gasteiger partial charge in [-0.15, -0.1) is 0 Å². The zero-order valence-electron chi connectivity index (χ0n) is 45.0. The summed E-state index contributed by atoms with van der Waals surface area (Å²) in [5, 5.41) is 23.4. The van der Waals surface area contributed by atoms with Crippen molar-refractivity contribution >= 4 is 185 Å². The number of furan rings is 2. The van der Waals surface area contributed by atoms with Gasteiger partial charge < -0.3 is 19.1 Å². The van der Waals surface area contributed by atoms with E-state index in [1.807, 2.05) is 24.3 Å². The van der Waals surface area contributed by atoms with E-state index in [1.165, 1.54) is 75.8 Å². The second kappa shape index (κ2) is 20.7. The Hall–Kier alpha value is -8.20. The van der Waals surface area contributed by atoms with Crippen molar-refractivity contribution in [1.82, 2.24) is 0 Å². The SMILES string of the molecule is Brc1ccc2ccc3c(Br)ccc4ccc1c2c43.CC(C)c1ccc(N(c2ccc3ccc4c(Br)ccc5ccc2c3c54)c2cccc3c2oc2ccccc23)cc1.CC(C)c1ccc(Nc2cccc3c2oc2ccccc23)cc1. The number of rotatable bonds is 7. The molecule has 0 amide bonds. The Morgan fingerprint density at radius 3 is 1.26 bits per heavy atom. The lowest BCUT2D eigenvalue weighted by Gasteiger charge is -2.28. The number of nitrogens with zero attached hydrogens (tertiary/aromatic N) is 1. The van der Waals surface area contributed by atoms with Crippen molar-refractivity contribution in [3.63, 3.8) is 0 Å². The van der Waals surface area contributed by atoms with Crippen LogP contribution in [0.4, 0.5) is 28.4 Å². The Bertz CT molecular complexity index is 4940. The largest absolute Gasteiger partial charge is 0.454 e. The smallest absolute Gasteiger partial charge is 0.159 e. The van der Waals surface area contributed by atoms with Crippen LogP contribution < -0.4 is 10.2 Å². The fourth-order valence-electron chi connectivity index (χ4n) is 12.0. The molecule has 0 atom stereocenters. The minimum atomic E-state index is 0.467. The van der Waals surface area contributed by atoms with Gasteiger partial charge in [-0.2, -0.15) is 0 Å². The van der Waals surface area contributed by atoms with Crippen molar-refractivity contribution < 1.29 is 8.83 Å². The molecule has 0 bridgehead atoms. The molecule has 81 heavy (non-hydrogen) atoms. The number of hydrogen-bond acceptors (Lipinski definition) is 4.